The first-order chi connectivity index (χ1) is 11.8. The molecule has 26 heavy (non-hydrogen) atoms. The molecule has 1 N–H and O–H groups in total. The summed E-state index contributed by atoms with van der Waals surface area (Å²) in [5, 5.41) is 10.9. The van der Waals surface area contributed by atoms with Crippen molar-refractivity contribution in [2.24, 2.45) is 0 Å². The van der Waals surface area contributed by atoms with Crippen LogP contribution in [0.5, 0.6) is 5.75 Å². The Balaban J connectivity index is 3.33. The molecular weight excluding hydrogens is 373 g/mol. The van der Waals surface area contributed by atoms with Crippen LogP contribution in [0.1, 0.15) is 26.3 Å². The fraction of sp³-hybridized carbons (Fsp3) is 0.500. The first-order valence-corrected chi connectivity index (χ1v) is 8.67. The second-order valence-electron chi connectivity index (χ2n) is 6.55. The summed E-state index contributed by atoms with van der Waals surface area (Å²) in [5.41, 5.74) is -2.69. The highest BCUT2D eigenvalue weighted by molar-refractivity contribution is 7.84. The number of hydrogen-bond donors (Lipinski definition) is 1. The smallest absolute Gasteiger partial charge is 0.417 e. The van der Waals surface area contributed by atoms with Crippen LogP contribution in [0.15, 0.2) is 30.3 Å². The van der Waals surface area contributed by atoms with E-state index < -0.39 is 38.9 Å². The molecule has 1 aromatic rings. The van der Waals surface area contributed by atoms with E-state index in [1.54, 1.807) is 12.1 Å². The summed E-state index contributed by atoms with van der Waals surface area (Å²) in [7, 11) is -0.732. The van der Waals surface area contributed by atoms with Crippen LogP contribution in [0, 0.1) is 10.1 Å². The highest BCUT2D eigenvalue weighted by atomic mass is 32.2. The van der Waals surface area contributed by atoms with Crippen molar-refractivity contribution >= 4 is 17.1 Å². The predicted octanol–water partition coefficient (Wildman–Crippen LogP) is 3.34. The molecule has 1 unspecified atom stereocenters. The Bertz CT molecular complexity index is 684. The minimum absolute atomic E-state index is 0.381. The maximum Gasteiger partial charge on any atom is 0.417 e. The minimum atomic E-state index is -5.04. The molecule has 10 heteroatoms. The van der Waals surface area contributed by atoms with Crippen LogP contribution in [-0.2, 0) is 11.0 Å². The van der Waals surface area contributed by atoms with Gasteiger partial charge in [0.1, 0.15) is 5.75 Å². The van der Waals surface area contributed by atoms with Gasteiger partial charge in [0.25, 0.3) is 0 Å². The second kappa shape index (κ2) is 8.17. The van der Waals surface area contributed by atoms with Crippen molar-refractivity contribution in [3.8, 4) is 5.75 Å². The molecule has 1 rings (SSSR count). The quantitative estimate of drug-likeness (QED) is 0.568. The standard InChI is InChI=1S/C16H21F3N2O4S/c1-14(2,3)26(24)20-15(11-21(22)23,16(17,18)19)10-9-12-5-7-13(25-4)8-6-12/h5-10,20H,11H2,1-4H3/b10-9+/t15-,26?/m0/s1. The number of halogens is 3. The molecule has 0 aliphatic heterocycles. The van der Waals surface area contributed by atoms with Gasteiger partial charge in [0.2, 0.25) is 12.1 Å². The summed E-state index contributed by atoms with van der Waals surface area (Å²) < 4.78 is 59.3. The van der Waals surface area contributed by atoms with Gasteiger partial charge < -0.3 is 4.74 Å². The lowest BCUT2D eigenvalue weighted by molar-refractivity contribution is -0.497. The van der Waals surface area contributed by atoms with Gasteiger partial charge in [-0.2, -0.15) is 13.2 Å². The number of methoxy groups -OCH3 is 1. The van der Waals surface area contributed by atoms with Gasteiger partial charge in [0.15, 0.2) is 0 Å². The number of nitrogens with zero attached hydrogens (tertiary/aromatic N) is 1. The van der Waals surface area contributed by atoms with Crippen LogP contribution in [0.4, 0.5) is 13.2 Å². The van der Waals surface area contributed by atoms with Crippen LogP contribution in [-0.4, -0.2) is 39.2 Å². The van der Waals surface area contributed by atoms with E-state index in [-0.39, 0.29) is 0 Å². The highest BCUT2D eigenvalue weighted by Crippen LogP contribution is 2.34. The number of nitro groups is 1. The molecule has 0 heterocycles. The van der Waals surface area contributed by atoms with Crippen LogP contribution in [0.3, 0.4) is 0 Å². The zero-order valence-corrected chi connectivity index (χ0v) is 15.6. The van der Waals surface area contributed by atoms with Crippen LogP contribution in [0.2, 0.25) is 0 Å². The summed E-state index contributed by atoms with van der Waals surface area (Å²) in [6.45, 7) is 2.91. The molecule has 1 aromatic carbocycles. The number of hydrogen-bond acceptors (Lipinski definition) is 4. The number of ether oxygens (including phenoxy) is 1. The third kappa shape index (κ3) is 5.80. The maximum atomic E-state index is 13.7. The molecule has 2 atom stereocenters. The molecule has 0 aromatic heterocycles. The summed E-state index contributed by atoms with van der Waals surface area (Å²) in [5.74, 6) is 0.515. The molecule has 0 spiro atoms. The second-order valence-corrected chi connectivity index (χ2v) is 8.52. The van der Waals surface area contributed by atoms with Crippen molar-refractivity contribution in [2.45, 2.75) is 37.2 Å². The summed E-state index contributed by atoms with van der Waals surface area (Å²) in [6.07, 6.45) is -3.30. The van der Waals surface area contributed by atoms with Crippen LogP contribution in [0.25, 0.3) is 6.08 Å². The Morgan fingerprint density at radius 2 is 1.77 bits per heavy atom. The Kier molecular flexibility index (Phi) is 6.95. The summed E-state index contributed by atoms with van der Waals surface area (Å²) in [4.78, 5) is 9.82. The average molecular weight is 394 g/mol. The van der Waals surface area contributed by atoms with Gasteiger partial charge >= 0.3 is 6.18 Å². The zero-order chi connectivity index (χ0) is 20.2. The monoisotopic (exact) mass is 394 g/mol. The van der Waals surface area contributed by atoms with E-state index in [0.29, 0.717) is 17.4 Å². The fourth-order valence-electron chi connectivity index (χ4n) is 1.84. The number of rotatable bonds is 7. The van der Waals surface area contributed by atoms with Gasteiger partial charge in [-0.25, -0.2) is 8.93 Å². The van der Waals surface area contributed by atoms with E-state index in [1.165, 1.54) is 40.0 Å². The van der Waals surface area contributed by atoms with Gasteiger partial charge in [-0.05, 0) is 44.5 Å². The normalized spacial score (nSPS) is 16.3. The SMILES string of the molecule is COc1ccc(/C=C/[C@@](C[N+](=O)[O-])(NS(=O)C(C)(C)C)C(F)(F)F)cc1. The lowest BCUT2D eigenvalue weighted by Gasteiger charge is -2.32. The molecule has 0 fully saturated rings. The average Bonchev–Trinajstić information content (AvgIpc) is 2.50. The highest BCUT2D eigenvalue weighted by Gasteiger charge is 2.58. The number of benzene rings is 1. The van der Waals surface area contributed by atoms with Gasteiger partial charge in [0.05, 0.1) is 22.8 Å². The Labute approximate surface area is 152 Å². The van der Waals surface area contributed by atoms with Crippen molar-refractivity contribution < 1.29 is 27.0 Å². The zero-order valence-electron chi connectivity index (χ0n) is 14.8. The van der Waals surface area contributed by atoms with Crippen molar-refractivity contribution in [3.05, 3.63) is 46.0 Å². The van der Waals surface area contributed by atoms with Crippen LogP contribution >= 0.6 is 0 Å². The molecule has 146 valence electrons. The third-order valence-electron chi connectivity index (χ3n) is 3.39. The van der Waals surface area contributed by atoms with Crippen molar-refractivity contribution in [1.82, 2.24) is 4.72 Å². The number of nitrogens with one attached hydrogen (secondary N) is 1. The molecule has 0 amide bonds. The van der Waals surface area contributed by atoms with E-state index in [1.807, 2.05) is 4.72 Å². The molecule has 0 radical (unpaired) electrons. The Morgan fingerprint density at radius 3 is 2.15 bits per heavy atom. The molecule has 0 aliphatic carbocycles. The molecule has 0 bridgehead atoms. The summed E-state index contributed by atoms with van der Waals surface area (Å²) >= 11 is 0. The topological polar surface area (TPSA) is 81.5 Å². The van der Waals surface area contributed by atoms with E-state index in [9.17, 15) is 27.5 Å². The van der Waals surface area contributed by atoms with E-state index in [0.717, 1.165) is 6.08 Å². The Morgan fingerprint density at radius 1 is 1.23 bits per heavy atom. The van der Waals surface area contributed by atoms with Crippen molar-refractivity contribution in [1.29, 1.82) is 0 Å². The maximum absolute atomic E-state index is 13.7. The fourth-order valence-corrected chi connectivity index (χ4v) is 2.72. The van der Waals surface area contributed by atoms with E-state index in [2.05, 4.69) is 0 Å². The third-order valence-corrected chi connectivity index (χ3v) is 5.05. The lowest BCUT2D eigenvalue weighted by atomic mass is 9.98. The molecule has 6 nitrogen and oxygen atoms in total. The van der Waals surface area contributed by atoms with Crippen molar-refractivity contribution in [2.75, 3.05) is 13.7 Å². The van der Waals surface area contributed by atoms with E-state index >= 15 is 0 Å². The van der Waals surface area contributed by atoms with Gasteiger partial charge in [-0.15, -0.1) is 0 Å². The van der Waals surface area contributed by atoms with Gasteiger partial charge in [0, 0.05) is 4.92 Å². The molecule has 0 saturated heterocycles. The Hall–Kier alpha value is -1.94. The minimum Gasteiger partial charge on any atom is -0.497 e. The van der Waals surface area contributed by atoms with E-state index in [4.69, 9.17) is 4.74 Å². The first-order valence-electron chi connectivity index (χ1n) is 7.52. The van der Waals surface area contributed by atoms with Crippen molar-refractivity contribution in [3.63, 3.8) is 0 Å². The first kappa shape index (κ1) is 22.1. The molecular formula is C16H21F3N2O4S. The largest absolute Gasteiger partial charge is 0.497 e. The lowest BCUT2D eigenvalue weighted by Crippen LogP contribution is -2.61. The van der Waals surface area contributed by atoms with Crippen LogP contribution < -0.4 is 9.46 Å². The predicted molar refractivity (Wildman–Crippen MR) is 93.7 cm³/mol. The number of alkyl halides is 3. The summed E-state index contributed by atoms with van der Waals surface area (Å²) in [6, 6.07) is 6.10. The molecule has 0 saturated carbocycles. The van der Waals surface area contributed by atoms with Gasteiger partial charge in [-0.3, -0.25) is 10.1 Å². The molecule has 0 aliphatic rings. The van der Waals surface area contributed by atoms with Gasteiger partial charge in [-0.1, -0.05) is 18.2 Å².